The maximum Gasteiger partial charge on any atom is 0.257 e. The Morgan fingerprint density at radius 3 is 2.45 bits per heavy atom. The molecule has 0 heterocycles. The number of hydrogen-bond acceptors (Lipinski definition) is 3. The van der Waals surface area contributed by atoms with Gasteiger partial charge in [-0.15, -0.1) is 0 Å². The van der Waals surface area contributed by atoms with Crippen molar-refractivity contribution in [1.29, 1.82) is 0 Å². The minimum Gasteiger partial charge on any atom is -0.507 e. The summed E-state index contributed by atoms with van der Waals surface area (Å²) in [5.41, 5.74) is 8.54. The number of nitrogens with zero attached hydrogens (tertiary/aromatic N) is 1. The summed E-state index contributed by atoms with van der Waals surface area (Å²) >= 11 is 0. The summed E-state index contributed by atoms with van der Waals surface area (Å²) in [6, 6.07) is 12.4. The van der Waals surface area contributed by atoms with Gasteiger partial charge in [-0.25, -0.2) is 0 Å². The number of rotatable bonds is 3. The van der Waals surface area contributed by atoms with E-state index >= 15 is 0 Å². The van der Waals surface area contributed by atoms with E-state index in [1.54, 1.807) is 36.2 Å². The fourth-order valence-corrected chi connectivity index (χ4v) is 2.00. The molecule has 0 unspecified atom stereocenters. The van der Waals surface area contributed by atoms with Crippen LogP contribution in [0.4, 0.5) is 5.69 Å². The van der Waals surface area contributed by atoms with Crippen LogP contribution in [0.15, 0.2) is 42.5 Å². The second kappa shape index (κ2) is 5.65. The molecule has 0 aliphatic heterocycles. The summed E-state index contributed by atoms with van der Waals surface area (Å²) in [5.74, 6) is -0.196. The van der Waals surface area contributed by atoms with Crippen LogP contribution in [0.25, 0.3) is 0 Å². The zero-order valence-electron chi connectivity index (χ0n) is 11.6. The molecule has 0 radical (unpaired) electrons. The Morgan fingerprint density at radius 2 is 1.85 bits per heavy atom. The van der Waals surface area contributed by atoms with E-state index in [-0.39, 0.29) is 11.7 Å². The molecule has 0 fully saturated rings. The van der Waals surface area contributed by atoms with Gasteiger partial charge in [0.2, 0.25) is 0 Å². The molecule has 104 valence electrons. The summed E-state index contributed by atoms with van der Waals surface area (Å²) < 4.78 is 0. The number of carbonyl (C=O) groups is 1. The first-order valence-corrected chi connectivity index (χ1v) is 6.37. The Balaban J connectivity index is 2.14. The molecule has 0 saturated heterocycles. The SMILES string of the molecule is Cc1ccc(C(=O)N(C)Cc2ccc(N)cc2)c(O)c1. The topological polar surface area (TPSA) is 66.6 Å². The highest BCUT2D eigenvalue weighted by Gasteiger charge is 2.15. The highest BCUT2D eigenvalue weighted by molar-refractivity contribution is 5.96. The van der Waals surface area contributed by atoms with E-state index in [2.05, 4.69) is 0 Å². The first kappa shape index (κ1) is 13.9. The van der Waals surface area contributed by atoms with Gasteiger partial charge in [-0.1, -0.05) is 18.2 Å². The molecule has 2 aromatic rings. The zero-order valence-corrected chi connectivity index (χ0v) is 11.6. The molecule has 0 saturated carbocycles. The number of amides is 1. The van der Waals surface area contributed by atoms with Crippen LogP contribution in [0.1, 0.15) is 21.5 Å². The molecule has 2 aromatic carbocycles. The number of aryl methyl sites for hydroxylation is 1. The third-order valence-corrected chi connectivity index (χ3v) is 3.13. The number of aromatic hydroxyl groups is 1. The number of phenols is 1. The van der Waals surface area contributed by atoms with E-state index in [0.29, 0.717) is 17.8 Å². The van der Waals surface area contributed by atoms with Gasteiger partial charge in [0.25, 0.3) is 5.91 Å². The normalized spacial score (nSPS) is 10.3. The fraction of sp³-hybridized carbons (Fsp3) is 0.188. The first-order chi connectivity index (χ1) is 9.47. The molecular formula is C16H18N2O2. The fourth-order valence-electron chi connectivity index (χ4n) is 2.00. The zero-order chi connectivity index (χ0) is 14.7. The van der Waals surface area contributed by atoms with Crippen molar-refractivity contribution in [3.05, 3.63) is 59.2 Å². The highest BCUT2D eigenvalue weighted by Crippen LogP contribution is 2.20. The van der Waals surface area contributed by atoms with Crippen molar-refractivity contribution in [3.8, 4) is 5.75 Å². The summed E-state index contributed by atoms with van der Waals surface area (Å²) in [6.45, 7) is 2.33. The van der Waals surface area contributed by atoms with Crippen molar-refractivity contribution in [1.82, 2.24) is 4.90 Å². The predicted molar refractivity (Wildman–Crippen MR) is 79.5 cm³/mol. The van der Waals surface area contributed by atoms with Gasteiger partial charge in [-0.05, 0) is 42.3 Å². The molecule has 3 N–H and O–H groups in total. The number of benzene rings is 2. The lowest BCUT2D eigenvalue weighted by Crippen LogP contribution is -2.26. The molecular weight excluding hydrogens is 252 g/mol. The summed E-state index contributed by atoms with van der Waals surface area (Å²) in [7, 11) is 1.71. The minimum atomic E-state index is -0.209. The Hall–Kier alpha value is -2.49. The van der Waals surface area contributed by atoms with Crippen LogP contribution in [0.5, 0.6) is 5.75 Å². The average molecular weight is 270 g/mol. The molecule has 0 bridgehead atoms. The maximum absolute atomic E-state index is 12.3. The standard InChI is InChI=1S/C16H18N2O2/c1-11-3-8-14(15(19)9-11)16(20)18(2)10-12-4-6-13(17)7-5-12/h3-9,19H,10,17H2,1-2H3. The Kier molecular flexibility index (Phi) is 3.94. The highest BCUT2D eigenvalue weighted by atomic mass is 16.3. The Bertz CT molecular complexity index is 621. The van der Waals surface area contributed by atoms with Crippen molar-refractivity contribution in [2.24, 2.45) is 0 Å². The first-order valence-electron chi connectivity index (χ1n) is 6.37. The Morgan fingerprint density at radius 1 is 1.20 bits per heavy atom. The number of hydrogen-bond donors (Lipinski definition) is 2. The molecule has 0 aliphatic rings. The lowest BCUT2D eigenvalue weighted by molar-refractivity contribution is 0.0782. The van der Waals surface area contributed by atoms with Gasteiger partial charge in [-0.3, -0.25) is 4.79 Å². The van der Waals surface area contributed by atoms with Gasteiger partial charge >= 0.3 is 0 Å². The van der Waals surface area contributed by atoms with Crippen molar-refractivity contribution >= 4 is 11.6 Å². The quantitative estimate of drug-likeness (QED) is 0.842. The predicted octanol–water partition coefficient (Wildman–Crippen LogP) is 2.56. The van der Waals surface area contributed by atoms with E-state index in [9.17, 15) is 9.90 Å². The van der Waals surface area contributed by atoms with Crippen molar-refractivity contribution < 1.29 is 9.90 Å². The van der Waals surface area contributed by atoms with Crippen LogP contribution in [0.2, 0.25) is 0 Å². The van der Waals surface area contributed by atoms with Crippen LogP contribution < -0.4 is 5.73 Å². The van der Waals surface area contributed by atoms with Crippen LogP contribution in [0, 0.1) is 6.92 Å². The van der Waals surface area contributed by atoms with Crippen LogP contribution in [-0.2, 0) is 6.54 Å². The molecule has 20 heavy (non-hydrogen) atoms. The van der Waals surface area contributed by atoms with E-state index < -0.39 is 0 Å². The van der Waals surface area contributed by atoms with Gasteiger partial charge in [0.1, 0.15) is 5.75 Å². The number of nitrogens with two attached hydrogens (primary N) is 1. The minimum absolute atomic E-state index is 0.0131. The number of carbonyl (C=O) groups excluding carboxylic acids is 1. The van der Waals surface area contributed by atoms with Crippen LogP contribution >= 0.6 is 0 Å². The molecule has 0 aliphatic carbocycles. The van der Waals surface area contributed by atoms with Crippen molar-refractivity contribution in [3.63, 3.8) is 0 Å². The third-order valence-electron chi connectivity index (χ3n) is 3.13. The molecule has 0 aromatic heterocycles. The maximum atomic E-state index is 12.3. The number of nitrogen functional groups attached to an aromatic ring is 1. The molecule has 4 nitrogen and oxygen atoms in total. The molecule has 1 amide bonds. The van der Waals surface area contributed by atoms with Crippen LogP contribution in [0.3, 0.4) is 0 Å². The lowest BCUT2D eigenvalue weighted by Gasteiger charge is -2.18. The van der Waals surface area contributed by atoms with Crippen LogP contribution in [-0.4, -0.2) is 23.0 Å². The molecule has 0 atom stereocenters. The van der Waals surface area contributed by atoms with E-state index in [0.717, 1.165) is 11.1 Å². The smallest absolute Gasteiger partial charge is 0.257 e. The number of phenolic OH excluding ortho intramolecular Hbond substituents is 1. The summed E-state index contributed by atoms with van der Waals surface area (Å²) in [6.07, 6.45) is 0. The average Bonchev–Trinajstić information content (AvgIpc) is 2.40. The van der Waals surface area contributed by atoms with E-state index in [1.807, 2.05) is 25.1 Å². The second-order valence-electron chi connectivity index (χ2n) is 4.92. The van der Waals surface area contributed by atoms with E-state index in [4.69, 9.17) is 5.73 Å². The van der Waals surface area contributed by atoms with Crippen molar-refractivity contribution in [2.45, 2.75) is 13.5 Å². The summed E-state index contributed by atoms with van der Waals surface area (Å²) in [5, 5.41) is 9.85. The monoisotopic (exact) mass is 270 g/mol. The molecule has 4 heteroatoms. The van der Waals surface area contributed by atoms with Crippen molar-refractivity contribution in [2.75, 3.05) is 12.8 Å². The molecule has 2 rings (SSSR count). The van der Waals surface area contributed by atoms with E-state index in [1.165, 1.54) is 0 Å². The van der Waals surface area contributed by atoms with Gasteiger partial charge in [0.15, 0.2) is 0 Å². The second-order valence-corrected chi connectivity index (χ2v) is 4.92. The Labute approximate surface area is 118 Å². The third kappa shape index (κ3) is 3.09. The van der Waals surface area contributed by atoms with Gasteiger partial charge in [0.05, 0.1) is 5.56 Å². The number of anilines is 1. The largest absolute Gasteiger partial charge is 0.507 e. The van der Waals surface area contributed by atoms with Gasteiger partial charge in [-0.2, -0.15) is 0 Å². The summed E-state index contributed by atoms with van der Waals surface area (Å²) in [4.78, 5) is 13.9. The lowest BCUT2D eigenvalue weighted by atomic mass is 10.1. The van der Waals surface area contributed by atoms with Gasteiger partial charge < -0.3 is 15.7 Å². The van der Waals surface area contributed by atoms with Gasteiger partial charge in [0, 0.05) is 19.3 Å². The molecule has 0 spiro atoms.